The first-order valence-corrected chi connectivity index (χ1v) is 8.45. The van der Waals surface area contributed by atoms with Gasteiger partial charge in [0.05, 0.1) is 0 Å². The summed E-state index contributed by atoms with van der Waals surface area (Å²) in [6.45, 7) is 6.52. The molecule has 0 bridgehead atoms. The van der Waals surface area contributed by atoms with Crippen LogP contribution < -0.4 is 5.32 Å². The second-order valence-electron chi connectivity index (χ2n) is 5.50. The van der Waals surface area contributed by atoms with E-state index in [0.29, 0.717) is 11.8 Å². The number of aromatic hydroxyl groups is 1. The maximum atomic E-state index is 9.80. The molecule has 1 heterocycles. The van der Waals surface area contributed by atoms with Gasteiger partial charge in [-0.15, -0.1) is 24.8 Å². The van der Waals surface area contributed by atoms with Crippen LogP contribution in [-0.4, -0.2) is 36.2 Å². The van der Waals surface area contributed by atoms with Gasteiger partial charge in [-0.2, -0.15) is 0 Å². The van der Waals surface area contributed by atoms with Crippen LogP contribution in [0.3, 0.4) is 0 Å². The predicted molar refractivity (Wildman–Crippen MR) is 102 cm³/mol. The molecular formula is C16H27BrCl2N2O. The number of unbranched alkanes of at least 4 members (excludes halogenated alkanes) is 2. The number of hydrogen-bond donors (Lipinski definition) is 2. The molecule has 22 heavy (non-hydrogen) atoms. The fraction of sp³-hybridized carbons (Fsp3) is 0.625. The van der Waals surface area contributed by atoms with Gasteiger partial charge in [-0.3, -0.25) is 4.90 Å². The maximum absolute atomic E-state index is 9.80. The summed E-state index contributed by atoms with van der Waals surface area (Å²) in [6.07, 6.45) is 4.93. The third kappa shape index (κ3) is 6.25. The predicted octanol–water partition coefficient (Wildman–Crippen LogP) is 4.52. The van der Waals surface area contributed by atoms with E-state index in [4.69, 9.17) is 0 Å². The summed E-state index contributed by atoms with van der Waals surface area (Å²) in [4.78, 5) is 2.55. The molecule has 1 saturated heterocycles. The zero-order valence-corrected chi connectivity index (χ0v) is 16.3. The summed E-state index contributed by atoms with van der Waals surface area (Å²) in [5, 5.41) is 13.2. The van der Waals surface area contributed by atoms with Gasteiger partial charge in [0.1, 0.15) is 5.75 Å². The molecule has 1 fully saturated rings. The van der Waals surface area contributed by atoms with E-state index in [1.165, 1.54) is 24.8 Å². The third-order valence-electron chi connectivity index (χ3n) is 4.01. The zero-order chi connectivity index (χ0) is 14.4. The van der Waals surface area contributed by atoms with Gasteiger partial charge in [0.25, 0.3) is 0 Å². The van der Waals surface area contributed by atoms with E-state index in [1.54, 1.807) is 6.07 Å². The van der Waals surface area contributed by atoms with Crippen molar-refractivity contribution < 1.29 is 5.11 Å². The van der Waals surface area contributed by atoms with Gasteiger partial charge in [-0.1, -0.05) is 42.1 Å². The van der Waals surface area contributed by atoms with Crippen molar-refractivity contribution in [3.05, 3.63) is 28.2 Å². The number of halogens is 3. The Balaban J connectivity index is 0.00000220. The van der Waals surface area contributed by atoms with E-state index in [-0.39, 0.29) is 24.8 Å². The van der Waals surface area contributed by atoms with Crippen LogP contribution >= 0.6 is 40.7 Å². The number of nitrogens with zero attached hydrogens (tertiary/aromatic N) is 1. The van der Waals surface area contributed by atoms with Crippen LogP contribution in [-0.2, 0) is 0 Å². The van der Waals surface area contributed by atoms with Crippen LogP contribution in [0.4, 0.5) is 0 Å². The van der Waals surface area contributed by atoms with Crippen LogP contribution in [0, 0.1) is 0 Å². The molecular weight excluding hydrogens is 387 g/mol. The third-order valence-corrected chi connectivity index (χ3v) is 4.73. The lowest BCUT2D eigenvalue weighted by atomic mass is 9.98. The number of phenolic OH excluding ortho intramolecular Hbond substituents is 1. The van der Waals surface area contributed by atoms with Gasteiger partial charge in [0, 0.05) is 36.7 Å². The van der Waals surface area contributed by atoms with Gasteiger partial charge in [0.2, 0.25) is 0 Å². The Hall–Kier alpha value is -0.000000000000000222. The smallest absolute Gasteiger partial charge is 0.115 e. The highest BCUT2D eigenvalue weighted by Crippen LogP contribution is 2.34. The molecule has 0 aromatic heterocycles. The van der Waals surface area contributed by atoms with Gasteiger partial charge in [-0.05, 0) is 30.2 Å². The molecule has 1 aromatic rings. The zero-order valence-electron chi connectivity index (χ0n) is 13.1. The second kappa shape index (κ2) is 11.5. The molecule has 0 saturated carbocycles. The Morgan fingerprint density at radius 2 is 1.91 bits per heavy atom. The highest BCUT2D eigenvalue weighted by atomic mass is 79.9. The number of rotatable bonds is 6. The van der Waals surface area contributed by atoms with Crippen molar-refractivity contribution in [1.82, 2.24) is 10.2 Å². The van der Waals surface area contributed by atoms with E-state index in [0.717, 1.165) is 37.1 Å². The summed E-state index contributed by atoms with van der Waals surface area (Å²) in [5.74, 6) is 0.360. The average molecular weight is 414 g/mol. The lowest BCUT2D eigenvalue weighted by Gasteiger charge is -2.36. The number of hydrogen-bond acceptors (Lipinski definition) is 3. The van der Waals surface area contributed by atoms with Crippen molar-refractivity contribution in [3.8, 4) is 5.75 Å². The van der Waals surface area contributed by atoms with Crippen molar-refractivity contribution in [2.75, 3.05) is 26.2 Å². The Labute approximate surface area is 154 Å². The van der Waals surface area contributed by atoms with Gasteiger partial charge >= 0.3 is 0 Å². The minimum atomic E-state index is 0. The number of phenols is 1. The fourth-order valence-electron chi connectivity index (χ4n) is 2.90. The molecule has 0 aliphatic carbocycles. The standard InChI is InChI=1S/C16H25BrN2O.2ClH/c1-2-3-4-5-16(19-10-8-18-9-11-19)14-12-13(20)6-7-15(14)17;;/h6-7,12,16,18,20H,2-5,8-11H2,1H3;2*1H/t16-;;/m1../s1. The van der Waals surface area contributed by atoms with Crippen molar-refractivity contribution in [1.29, 1.82) is 0 Å². The lowest BCUT2D eigenvalue weighted by molar-refractivity contribution is 0.162. The molecule has 0 amide bonds. The van der Waals surface area contributed by atoms with Gasteiger partial charge < -0.3 is 10.4 Å². The largest absolute Gasteiger partial charge is 0.508 e. The maximum Gasteiger partial charge on any atom is 0.115 e. The summed E-state index contributed by atoms with van der Waals surface area (Å²) >= 11 is 3.65. The molecule has 0 spiro atoms. The monoisotopic (exact) mass is 412 g/mol. The molecule has 1 aliphatic heterocycles. The highest BCUT2D eigenvalue weighted by molar-refractivity contribution is 9.10. The quantitative estimate of drug-likeness (QED) is 0.672. The SMILES string of the molecule is CCCCC[C@H](c1cc(O)ccc1Br)N1CCNCC1.Cl.Cl. The fourth-order valence-corrected chi connectivity index (χ4v) is 3.41. The minimum absolute atomic E-state index is 0. The first-order valence-electron chi connectivity index (χ1n) is 7.65. The van der Waals surface area contributed by atoms with E-state index >= 15 is 0 Å². The lowest BCUT2D eigenvalue weighted by Crippen LogP contribution is -2.45. The topological polar surface area (TPSA) is 35.5 Å². The summed E-state index contributed by atoms with van der Waals surface area (Å²) in [6, 6.07) is 6.03. The van der Waals surface area contributed by atoms with Crippen molar-refractivity contribution in [2.45, 2.75) is 38.6 Å². The normalized spacial score (nSPS) is 16.5. The molecule has 3 nitrogen and oxygen atoms in total. The molecule has 6 heteroatoms. The molecule has 0 unspecified atom stereocenters. The van der Waals surface area contributed by atoms with E-state index in [9.17, 15) is 5.11 Å². The van der Waals surface area contributed by atoms with Crippen molar-refractivity contribution in [3.63, 3.8) is 0 Å². The summed E-state index contributed by atoms with van der Waals surface area (Å²) in [5.41, 5.74) is 1.23. The Kier molecular flexibility index (Phi) is 11.5. The Bertz CT molecular complexity index is 429. The number of benzene rings is 1. The van der Waals surface area contributed by atoms with Crippen LogP contribution in [0.1, 0.15) is 44.2 Å². The van der Waals surface area contributed by atoms with Crippen LogP contribution in [0.5, 0.6) is 5.75 Å². The van der Waals surface area contributed by atoms with E-state index in [1.807, 2.05) is 12.1 Å². The molecule has 1 aromatic carbocycles. The van der Waals surface area contributed by atoms with Crippen LogP contribution in [0.15, 0.2) is 22.7 Å². The first kappa shape index (κ1) is 22.0. The Morgan fingerprint density at radius 1 is 1.23 bits per heavy atom. The van der Waals surface area contributed by atoms with Crippen LogP contribution in [0.25, 0.3) is 0 Å². The van der Waals surface area contributed by atoms with Crippen LogP contribution in [0.2, 0.25) is 0 Å². The minimum Gasteiger partial charge on any atom is -0.508 e. The highest BCUT2D eigenvalue weighted by Gasteiger charge is 2.23. The van der Waals surface area contributed by atoms with Crippen molar-refractivity contribution >= 4 is 40.7 Å². The van der Waals surface area contributed by atoms with Gasteiger partial charge in [-0.25, -0.2) is 0 Å². The molecule has 2 N–H and O–H groups in total. The van der Waals surface area contributed by atoms with E-state index < -0.39 is 0 Å². The molecule has 1 atom stereocenters. The summed E-state index contributed by atoms with van der Waals surface area (Å²) < 4.78 is 1.11. The molecule has 2 rings (SSSR count). The number of piperazine rings is 1. The second-order valence-corrected chi connectivity index (χ2v) is 6.36. The van der Waals surface area contributed by atoms with Crippen molar-refractivity contribution in [2.24, 2.45) is 0 Å². The number of nitrogens with one attached hydrogen (secondary N) is 1. The first-order chi connectivity index (χ1) is 9.72. The average Bonchev–Trinajstić information content (AvgIpc) is 2.48. The summed E-state index contributed by atoms with van der Waals surface area (Å²) in [7, 11) is 0. The molecule has 128 valence electrons. The van der Waals surface area contributed by atoms with Gasteiger partial charge in [0.15, 0.2) is 0 Å². The molecule has 1 aliphatic rings. The Morgan fingerprint density at radius 3 is 2.55 bits per heavy atom. The van der Waals surface area contributed by atoms with E-state index in [2.05, 4.69) is 33.1 Å². The molecule has 0 radical (unpaired) electrons.